The fourth-order valence-electron chi connectivity index (χ4n) is 2.41. The maximum Gasteiger partial charge on any atom is 0.247 e. The van der Waals surface area contributed by atoms with E-state index in [1.54, 1.807) is 0 Å². The molecule has 6 heteroatoms. The maximum atomic E-state index is 11.2. The minimum Gasteiger partial charge on any atom is -0.367 e. The second-order valence-corrected chi connectivity index (χ2v) is 5.09. The summed E-state index contributed by atoms with van der Waals surface area (Å²) in [4.78, 5) is 13.3. The molecule has 0 saturated carbocycles. The fraction of sp³-hybridized carbons (Fsp3) is 0.333. The molecule has 1 amide bonds. The first kappa shape index (κ1) is 13.8. The average molecular weight is 286 g/mol. The van der Waals surface area contributed by atoms with Gasteiger partial charge in [0.25, 0.3) is 0 Å². The molecule has 0 unspecified atom stereocenters. The van der Waals surface area contributed by atoms with Crippen molar-refractivity contribution in [3.63, 3.8) is 0 Å². The highest BCUT2D eigenvalue weighted by molar-refractivity contribution is 5.79. The molecule has 1 fully saturated rings. The number of nitrogens with zero attached hydrogens (tertiary/aromatic N) is 3. The summed E-state index contributed by atoms with van der Waals surface area (Å²) in [7, 11) is 0. The predicted octanol–water partition coefficient (Wildman–Crippen LogP) is 0.694. The molecule has 1 aromatic carbocycles. The standard InChI is InChI=1S/C15H18N4O2/c16-15(20)14-10-18(8-9-21-14)11-19-7-6-13(17-19)12-4-2-1-3-5-12/h1-7,14H,8-11H2,(H2,16,20)/t14-/m0/s1. The topological polar surface area (TPSA) is 73.4 Å². The zero-order valence-electron chi connectivity index (χ0n) is 11.7. The Morgan fingerprint density at radius 2 is 2.14 bits per heavy atom. The van der Waals surface area contributed by atoms with Crippen LogP contribution >= 0.6 is 0 Å². The van der Waals surface area contributed by atoms with Crippen molar-refractivity contribution in [3.05, 3.63) is 42.6 Å². The van der Waals surface area contributed by atoms with Crippen molar-refractivity contribution in [3.8, 4) is 11.3 Å². The Morgan fingerprint density at radius 3 is 2.90 bits per heavy atom. The van der Waals surface area contributed by atoms with E-state index in [-0.39, 0.29) is 0 Å². The molecule has 2 N–H and O–H groups in total. The summed E-state index contributed by atoms with van der Waals surface area (Å²) in [5.41, 5.74) is 7.32. The Labute approximate surface area is 123 Å². The Hall–Kier alpha value is -2.18. The molecule has 21 heavy (non-hydrogen) atoms. The van der Waals surface area contributed by atoms with Gasteiger partial charge in [-0.15, -0.1) is 0 Å². The summed E-state index contributed by atoms with van der Waals surface area (Å²) in [6, 6.07) is 12.0. The van der Waals surface area contributed by atoms with Crippen molar-refractivity contribution >= 4 is 5.91 Å². The van der Waals surface area contributed by atoms with Crippen molar-refractivity contribution in [2.24, 2.45) is 5.73 Å². The molecule has 1 aliphatic rings. The van der Waals surface area contributed by atoms with Crippen LogP contribution in [0.3, 0.4) is 0 Å². The van der Waals surface area contributed by atoms with Gasteiger partial charge in [0.15, 0.2) is 0 Å². The van der Waals surface area contributed by atoms with E-state index in [0.29, 0.717) is 19.8 Å². The first-order valence-electron chi connectivity index (χ1n) is 6.94. The number of nitrogens with two attached hydrogens (primary N) is 1. The monoisotopic (exact) mass is 286 g/mol. The van der Waals surface area contributed by atoms with Crippen molar-refractivity contribution < 1.29 is 9.53 Å². The van der Waals surface area contributed by atoms with Gasteiger partial charge in [-0.2, -0.15) is 5.10 Å². The summed E-state index contributed by atoms with van der Waals surface area (Å²) in [5.74, 6) is -0.412. The van der Waals surface area contributed by atoms with Crippen molar-refractivity contribution in [2.45, 2.75) is 12.8 Å². The highest BCUT2D eigenvalue weighted by Gasteiger charge is 2.24. The van der Waals surface area contributed by atoms with Crippen LogP contribution in [0.4, 0.5) is 0 Å². The fourth-order valence-corrected chi connectivity index (χ4v) is 2.41. The number of hydrogen-bond donors (Lipinski definition) is 1. The lowest BCUT2D eigenvalue weighted by Gasteiger charge is -2.30. The number of rotatable bonds is 4. The van der Waals surface area contributed by atoms with Crippen LogP contribution in [0.25, 0.3) is 11.3 Å². The largest absolute Gasteiger partial charge is 0.367 e. The Balaban J connectivity index is 1.66. The van der Waals surface area contributed by atoms with E-state index < -0.39 is 12.0 Å². The molecule has 1 aliphatic heterocycles. The minimum absolute atomic E-state index is 0.412. The molecular formula is C15H18N4O2. The van der Waals surface area contributed by atoms with Crippen LogP contribution in [0.15, 0.2) is 42.6 Å². The molecule has 1 atom stereocenters. The van der Waals surface area contributed by atoms with E-state index in [2.05, 4.69) is 10.00 Å². The van der Waals surface area contributed by atoms with Crippen LogP contribution < -0.4 is 5.73 Å². The molecule has 6 nitrogen and oxygen atoms in total. The second-order valence-electron chi connectivity index (χ2n) is 5.09. The van der Waals surface area contributed by atoms with Gasteiger partial charge >= 0.3 is 0 Å². The number of primary amides is 1. The number of ether oxygens (including phenoxy) is 1. The molecule has 2 aromatic rings. The number of carbonyl (C=O) groups excluding carboxylic acids is 1. The third-order valence-electron chi connectivity index (χ3n) is 3.52. The Kier molecular flexibility index (Phi) is 3.98. The number of benzene rings is 1. The highest BCUT2D eigenvalue weighted by Crippen LogP contribution is 2.16. The van der Waals surface area contributed by atoms with Gasteiger partial charge in [-0.3, -0.25) is 14.4 Å². The Morgan fingerprint density at radius 1 is 1.33 bits per heavy atom. The van der Waals surface area contributed by atoms with E-state index >= 15 is 0 Å². The molecule has 0 spiro atoms. The average Bonchev–Trinajstić information content (AvgIpc) is 2.97. The van der Waals surface area contributed by atoms with Crippen molar-refractivity contribution in [1.29, 1.82) is 0 Å². The van der Waals surface area contributed by atoms with Gasteiger partial charge < -0.3 is 10.5 Å². The van der Waals surface area contributed by atoms with Crippen LogP contribution in [0.5, 0.6) is 0 Å². The lowest BCUT2D eigenvalue weighted by Crippen LogP contribution is -2.48. The Bertz CT molecular complexity index is 611. The first-order valence-corrected chi connectivity index (χ1v) is 6.94. The molecular weight excluding hydrogens is 268 g/mol. The molecule has 2 heterocycles. The third kappa shape index (κ3) is 3.29. The normalized spacial score (nSPS) is 19.5. The number of hydrogen-bond acceptors (Lipinski definition) is 4. The van der Waals surface area contributed by atoms with Gasteiger partial charge in [0, 0.05) is 24.8 Å². The van der Waals surface area contributed by atoms with E-state index in [4.69, 9.17) is 10.5 Å². The highest BCUT2D eigenvalue weighted by atomic mass is 16.5. The van der Waals surface area contributed by atoms with E-state index in [1.165, 1.54) is 0 Å². The van der Waals surface area contributed by atoms with E-state index in [9.17, 15) is 4.79 Å². The van der Waals surface area contributed by atoms with Crippen LogP contribution in [-0.4, -0.2) is 46.4 Å². The third-order valence-corrected chi connectivity index (χ3v) is 3.52. The lowest BCUT2D eigenvalue weighted by atomic mass is 10.2. The second kappa shape index (κ2) is 6.07. The first-order chi connectivity index (χ1) is 10.2. The lowest BCUT2D eigenvalue weighted by molar-refractivity contribution is -0.136. The van der Waals surface area contributed by atoms with Crippen LogP contribution in [0, 0.1) is 0 Å². The van der Waals surface area contributed by atoms with Crippen molar-refractivity contribution in [1.82, 2.24) is 14.7 Å². The van der Waals surface area contributed by atoms with Crippen molar-refractivity contribution in [2.75, 3.05) is 19.7 Å². The molecule has 3 rings (SSSR count). The van der Waals surface area contributed by atoms with Gasteiger partial charge in [-0.1, -0.05) is 30.3 Å². The molecule has 1 aromatic heterocycles. The SMILES string of the molecule is NC(=O)[C@@H]1CN(Cn2ccc(-c3ccccc3)n2)CCO1. The summed E-state index contributed by atoms with van der Waals surface area (Å²) in [6.45, 7) is 2.42. The van der Waals surface area contributed by atoms with Crippen LogP contribution in [0.1, 0.15) is 0 Å². The molecule has 0 radical (unpaired) electrons. The van der Waals surface area contributed by atoms with Gasteiger partial charge in [0.1, 0.15) is 6.10 Å². The van der Waals surface area contributed by atoms with E-state index in [0.717, 1.165) is 17.8 Å². The molecule has 110 valence electrons. The summed E-state index contributed by atoms with van der Waals surface area (Å²) >= 11 is 0. The van der Waals surface area contributed by atoms with Gasteiger partial charge in [-0.25, -0.2) is 0 Å². The minimum atomic E-state index is -0.525. The van der Waals surface area contributed by atoms with Gasteiger partial charge in [-0.05, 0) is 6.07 Å². The quantitative estimate of drug-likeness (QED) is 0.897. The summed E-state index contributed by atoms with van der Waals surface area (Å²) in [6.07, 6.45) is 1.42. The number of morpholine rings is 1. The smallest absolute Gasteiger partial charge is 0.247 e. The number of carbonyl (C=O) groups is 1. The number of aromatic nitrogens is 2. The van der Waals surface area contributed by atoms with Crippen LogP contribution in [0.2, 0.25) is 0 Å². The van der Waals surface area contributed by atoms with E-state index in [1.807, 2.05) is 47.3 Å². The zero-order chi connectivity index (χ0) is 14.7. The van der Waals surface area contributed by atoms with Gasteiger partial charge in [0.2, 0.25) is 5.91 Å². The predicted molar refractivity (Wildman–Crippen MR) is 78.2 cm³/mol. The number of amides is 1. The van der Waals surface area contributed by atoms with Gasteiger partial charge in [0.05, 0.1) is 19.0 Å². The summed E-state index contributed by atoms with van der Waals surface area (Å²) < 4.78 is 7.20. The van der Waals surface area contributed by atoms with Crippen LogP contribution in [-0.2, 0) is 16.2 Å². The molecule has 0 aliphatic carbocycles. The molecule has 0 bridgehead atoms. The zero-order valence-corrected chi connectivity index (χ0v) is 11.7. The maximum absolute atomic E-state index is 11.2. The summed E-state index contributed by atoms with van der Waals surface area (Å²) in [5, 5.41) is 4.56. The molecule has 1 saturated heterocycles.